The maximum Gasteiger partial charge on any atom is 0.433 e. The number of likely N-dealkylation sites (tertiary alicyclic amines) is 1. The third-order valence-electron chi connectivity index (χ3n) is 8.83. The average Bonchev–Trinajstić information content (AvgIpc) is 3.57. The molecule has 208 valence electrons. The van der Waals surface area contributed by atoms with E-state index in [2.05, 4.69) is 10.00 Å². The van der Waals surface area contributed by atoms with Crippen LogP contribution in [0.15, 0.2) is 18.2 Å². The second kappa shape index (κ2) is 10.5. The Morgan fingerprint density at radius 1 is 1.21 bits per heavy atom. The summed E-state index contributed by atoms with van der Waals surface area (Å²) in [6.45, 7) is 8.71. The first-order valence-corrected chi connectivity index (χ1v) is 13.6. The number of carbonyl (C=O) groups excluding carboxylic acids is 1. The standard InChI is InChI=1S/C28H37F3N4O3/c1-5-19-15-21-25(17(19)2)32-35(27(21)28(29,30)31)16-24(36)34-10-9-22(33-11-13-38-14-12-33)26(34)20-7-6-8-23(37-4)18(20)3/h6-8,17,19,22,26H,5,9-16H2,1-4H3/t17-,19+,22-,26-/m1/s1. The Morgan fingerprint density at radius 2 is 1.95 bits per heavy atom. The number of hydrogen-bond acceptors (Lipinski definition) is 5. The lowest BCUT2D eigenvalue weighted by atomic mass is 9.94. The molecule has 2 saturated heterocycles. The second-order valence-electron chi connectivity index (χ2n) is 10.7. The number of rotatable bonds is 6. The fourth-order valence-corrected chi connectivity index (χ4v) is 6.79. The summed E-state index contributed by atoms with van der Waals surface area (Å²) in [5.41, 5.74) is 1.89. The van der Waals surface area contributed by atoms with E-state index < -0.39 is 18.4 Å². The molecule has 1 aromatic carbocycles. The van der Waals surface area contributed by atoms with Crippen molar-refractivity contribution >= 4 is 5.91 Å². The first kappa shape index (κ1) is 27.0. The molecule has 0 radical (unpaired) electrons. The van der Waals surface area contributed by atoms with Gasteiger partial charge in [-0.3, -0.25) is 14.4 Å². The molecule has 4 atom stereocenters. The van der Waals surface area contributed by atoms with Gasteiger partial charge in [0.05, 0.1) is 32.1 Å². The van der Waals surface area contributed by atoms with Crippen LogP contribution in [0.4, 0.5) is 13.2 Å². The average molecular weight is 535 g/mol. The molecule has 0 saturated carbocycles. The van der Waals surface area contributed by atoms with Crippen molar-refractivity contribution in [2.24, 2.45) is 5.92 Å². The molecule has 1 aliphatic carbocycles. The molecule has 1 amide bonds. The van der Waals surface area contributed by atoms with Gasteiger partial charge in [0.1, 0.15) is 18.0 Å². The Balaban J connectivity index is 1.49. The number of amides is 1. The molecule has 0 spiro atoms. The van der Waals surface area contributed by atoms with E-state index in [1.807, 2.05) is 39.0 Å². The number of carbonyl (C=O) groups is 1. The molecule has 5 rings (SSSR count). The van der Waals surface area contributed by atoms with Gasteiger partial charge < -0.3 is 14.4 Å². The van der Waals surface area contributed by atoms with E-state index >= 15 is 0 Å². The summed E-state index contributed by atoms with van der Waals surface area (Å²) < 4.78 is 54.9. The number of methoxy groups -OCH3 is 1. The number of benzene rings is 1. The number of ether oxygens (including phenoxy) is 2. The highest BCUT2D eigenvalue weighted by atomic mass is 19.4. The van der Waals surface area contributed by atoms with Crippen molar-refractivity contribution in [2.75, 3.05) is 40.0 Å². The highest BCUT2D eigenvalue weighted by molar-refractivity contribution is 5.77. The van der Waals surface area contributed by atoms with Crippen LogP contribution in [0, 0.1) is 12.8 Å². The van der Waals surface area contributed by atoms with Gasteiger partial charge in [0.15, 0.2) is 0 Å². The fourth-order valence-electron chi connectivity index (χ4n) is 6.79. The zero-order valence-corrected chi connectivity index (χ0v) is 22.6. The number of morpholine rings is 1. The summed E-state index contributed by atoms with van der Waals surface area (Å²) in [4.78, 5) is 17.9. The predicted octanol–water partition coefficient (Wildman–Crippen LogP) is 4.58. The monoisotopic (exact) mass is 534 g/mol. The first-order valence-electron chi connectivity index (χ1n) is 13.6. The molecule has 38 heavy (non-hydrogen) atoms. The fraction of sp³-hybridized carbons (Fsp3) is 0.643. The molecule has 7 nitrogen and oxygen atoms in total. The molecule has 10 heteroatoms. The summed E-state index contributed by atoms with van der Waals surface area (Å²) in [6, 6.07) is 5.54. The Bertz CT molecular complexity index is 1170. The van der Waals surface area contributed by atoms with Crippen molar-refractivity contribution in [3.05, 3.63) is 46.3 Å². The van der Waals surface area contributed by atoms with Crippen LogP contribution in [0.3, 0.4) is 0 Å². The maximum atomic E-state index is 14.3. The smallest absolute Gasteiger partial charge is 0.433 e. The van der Waals surface area contributed by atoms with E-state index in [-0.39, 0.29) is 35.4 Å². The zero-order chi connectivity index (χ0) is 27.2. The number of fused-ring (bicyclic) bond motifs is 1. The second-order valence-corrected chi connectivity index (χ2v) is 10.7. The first-order chi connectivity index (χ1) is 18.2. The molecular weight excluding hydrogens is 497 g/mol. The Hall–Kier alpha value is -2.59. The molecule has 2 fully saturated rings. The van der Waals surface area contributed by atoms with Gasteiger partial charge in [-0.1, -0.05) is 32.4 Å². The predicted molar refractivity (Wildman–Crippen MR) is 136 cm³/mol. The molecule has 0 bridgehead atoms. The summed E-state index contributed by atoms with van der Waals surface area (Å²) >= 11 is 0. The Kier molecular flexibility index (Phi) is 7.48. The van der Waals surface area contributed by atoms with Crippen LogP contribution in [-0.2, 0) is 28.7 Å². The number of hydrogen-bond donors (Lipinski definition) is 0. The van der Waals surface area contributed by atoms with Gasteiger partial charge >= 0.3 is 6.18 Å². The van der Waals surface area contributed by atoms with Gasteiger partial charge in [0.2, 0.25) is 5.91 Å². The molecule has 0 unspecified atom stereocenters. The topological polar surface area (TPSA) is 59.8 Å². The van der Waals surface area contributed by atoms with E-state index in [1.165, 1.54) is 0 Å². The molecule has 2 aromatic rings. The number of halogens is 3. The van der Waals surface area contributed by atoms with E-state index in [0.717, 1.165) is 47.5 Å². The van der Waals surface area contributed by atoms with Crippen LogP contribution < -0.4 is 4.74 Å². The molecule has 2 aliphatic heterocycles. The van der Waals surface area contributed by atoms with Gasteiger partial charge in [-0.25, -0.2) is 0 Å². The molecule has 3 heterocycles. The summed E-state index contributed by atoms with van der Waals surface area (Å²) in [5, 5.41) is 4.40. The zero-order valence-electron chi connectivity index (χ0n) is 22.6. The van der Waals surface area contributed by atoms with Gasteiger partial charge in [0, 0.05) is 37.2 Å². The number of aromatic nitrogens is 2. The largest absolute Gasteiger partial charge is 0.496 e. The van der Waals surface area contributed by atoms with Gasteiger partial charge in [0.25, 0.3) is 0 Å². The number of nitrogens with zero attached hydrogens (tertiary/aromatic N) is 4. The van der Waals surface area contributed by atoms with Crippen molar-refractivity contribution in [2.45, 2.75) is 70.8 Å². The highest BCUT2D eigenvalue weighted by Gasteiger charge is 2.46. The Morgan fingerprint density at radius 3 is 2.61 bits per heavy atom. The van der Waals surface area contributed by atoms with E-state index in [4.69, 9.17) is 9.47 Å². The van der Waals surface area contributed by atoms with Gasteiger partial charge in [-0.15, -0.1) is 0 Å². The van der Waals surface area contributed by atoms with E-state index in [0.29, 0.717) is 31.9 Å². The normalized spacial score (nSPS) is 26.1. The van der Waals surface area contributed by atoms with Crippen molar-refractivity contribution in [3.63, 3.8) is 0 Å². The summed E-state index contributed by atoms with van der Waals surface area (Å²) in [5.74, 6) is 0.466. The lowest BCUT2D eigenvalue weighted by Gasteiger charge is -2.38. The third kappa shape index (κ3) is 4.70. The summed E-state index contributed by atoms with van der Waals surface area (Å²) in [7, 11) is 1.61. The van der Waals surface area contributed by atoms with Crippen molar-refractivity contribution in [3.8, 4) is 5.75 Å². The molecule has 1 aromatic heterocycles. The van der Waals surface area contributed by atoms with Crippen molar-refractivity contribution in [1.82, 2.24) is 19.6 Å². The number of alkyl halides is 3. The van der Waals surface area contributed by atoms with Crippen LogP contribution in [-0.4, -0.2) is 71.5 Å². The molecule has 0 N–H and O–H groups in total. The maximum absolute atomic E-state index is 14.3. The quantitative estimate of drug-likeness (QED) is 0.543. The highest BCUT2D eigenvalue weighted by Crippen LogP contribution is 2.45. The summed E-state index contributed by atoms with van der Waals surface area (Å²) in [6.07, 6.45) is -2.69. The van der Waals surface area contributed by atoms with Gasteiger partial charge in [-0.05, 0) is 42.9 Å². The van der Waals surface area contributed by atoms with Crippen LogP contribution in [0.25, 0.3) is 0 Å². The van der Waals surface area contributed by atoms with Crippen LogP contribution in [0.5, 0.6) is 5.75 Å². The lowest BCUT2D eigenvalue weighted by molar-refractivity contribution is -0.146. The third-order valence-corrected chi connectivity index (χ3v) is 8.83. The lowest BCUT2D eigenvalue weighted by Crippen LogP contribution is -2.47. The molecular formula is C28H37F3N4O3. The molecule has 3 aliphatic rings. The minimum Gasteiger partial charge on any atom is -0.496 e. The van der Waals surface area contributed by atoms with E-state index in [1.54, 1.807) is 12.0 Å². The van der Waals surface area contributed by atoms with E-state index in [9.17, 15) is 18.0 Å². The Labute approximate surface area is 221 Å². The minimum absolute atomic E-state index is 0.0451. The van der Waals surface area contributed by atoms with Crippen molar-refractivity contribution < 1.29 is 27.4 Å². The SMILES string of the molecule is CC[C@H]1Cc2c(nn(CC(=O)N3CC[C@@H](N4CCOCC4)[C@H]3c3cccc(OC)c3C)c2C(F)(F)F)[C@@H]1C. The van der Waals surface area contributed by atoms with Crippen molar-refractivity contribution in [1.29, 1.82) is 0 Å². The van der Waals surface area contributed by atoms with Gasteiger partial charge in [-0.2, -0.15) is 18.3 Å². The van der Waals surface area contributed by atoms with Crippen LogP contribution in [0.1, 0.15) is 66.7 Å². The van der Waals surface area contributed by atoms with Crippen LogP contribution in [0.2, 0.25) is 0 Å². The minimum atomic E-state index is -4.58. The van der Waals surface area contributed by atoms with Crippen LogP contribution >= 0.6 is 0 Å².